The van der Waals surface area contributed by atoms with Crippen molar-refractivity contribution in [3.63, 3.8) is 0 Å². The van der Waals surface area contributed by atoms with Gasteiger partial charge in [-0.1, -0.05) is 6.07 Å². The van der Waals surface area contributed by atoms with E-state index in [9.17, 15) is 0 Å². The molecule has 1 atom stereocenters. The maximum absolute atomic E-state index is 6.12. The van der Waals surface area contributed by atoms with Crippen molar-refractivity contribution in [3.8, 4) is 0 Å². The molecule has 90 valence electrons. The second-order valence-corrected chi connectivity index (χ2v) is 5.46. The fraction of sp³-hybridized carbons (Fsp3) is 0.467. The first-order valence-electron chi connectivity index (χ1n) is 6.41. The number of rotatable bonds is 0. The molecule has 1 heterocycles. The lowest BCUT2D eigenvalue weighted by atomic mass is 9.90. The molecule has 0 saturated carbocycles. The molecule has 2 aromatic rings. The molecule has 0 saturated heterocycles. The average Bonchev–Trinajstić information content (AvgIpc) is 2.52. The SMILES string of the molecule is Cc1cc(C)c2c3c(n(C)c2c1)CCC(N)C3. The third-order valence-electron chi connectivity index (χ3n) is 4.09. The summed E-state index contributed by atoms with van der Waals surface area (Å²) in [7, 11) is 2.19. The smallest absolute Gasteiger partial charge is 0.0488 e. The van der Waals surface area contributed by atoms with Crippen molar-refractivity contribution >= 4 is 10.9 Å². The number of nitrogens with two attached hydrogens (primary N) is 1. The molecular formula is C15H20N2. The van der Waals surface area contributed by atoms with Crippen LogP contribution < -0.4 is 5.73 Å². The molecule has 2 heteroatoms. The van der Waals surface area contributed by atoms with Gasteiger partial charge < -0.3 is 10.3 Å². The van der Waals surface area contributed by atoms with Gasteiger partial charge in [-0.15, -0.1) is 0 Å². The highest BCUT2D eigenvalue weighted by Gasteiger charge is 2.23. The van der Waals surface area contributed by atoms with Crippen LogP contribution in [-0.4, -0.2) is 10.6 Å². The first-order valence-corrected chi connectivity index (χ1v) is 6.41. The Kier molecular flexibility index (Phi) is 2.30. The minimum absolute atomic E-state index is 0.341. The molecule has 1 unspecified atom stereocenters. The van der Waals surface area contributed by atoms with Crippen molar-refractivity contribution in [3.05, 3.63) is 34.5 Å². The zero-order chi connectivity index (χ0) is 12.2. The predicted octanol–water partition coefficient (Wildman–Crippen LogP) is 2.61. The lowest BCUT2D eigenvalue weighted by Gasteiger charge is -2.19. The Morgan fingerprint density at radius 1 is 1.29 bits per heavy atom. The van der Waals surface area contributed by atoms with Gasteiger partial charge in [0.1, 0.15) is 0 Å². The number of aromatic nitrogens is 1. The number of nitrogens with zero attached hydrogens (tertiary/aromatic N) is 1. The summed E-state index contributed by atoms with van der Waals surface area (Å²) in [5, 5.41) is 1.45. The van der Waals surface area contributed by atoms with Crippen molar-refractivity contribution in [2.75, 3.05) is 0 Å². The summed E-state index contributed by atoms with van der Waals surface area (Å²) < 4.78 is 2.37. The minimum atomic E-state index is 0.341. The van der Waals surface area contributed by atoms with Crippen molar-refractivity contribution < 1.29 is 0 Å². The van der Waals surface area contributed by atoms with Gasteiger partial charge in [0.2, 0.25) is 0 Å². The topological polar surface area (TPSA) is 30.9 Å². The van der Waals surface area contributed by atoms with Crippen molar-refractivity contribution in [1.82, 2.24) is 4.57 Å². The lowest BCUT2D eigenvalue weighted by molar-refractivity contribution is 0.562. The normalized spacial score (nSPS) is 19.6. The van der Waals surface area contributed by atoms with Crippen LogP contribution in [0.25, 0.3) is 10.9 Å². The molecule has 3 rings (SSSR count). The highest BCUT2D eigenvalue weighted by molar-refractivity contribution is 5.89. The predicted molar refractivity (Wildman–Crippen MR) is 72.4 cm³/mol. The average molecular weight is 228 g/mol. The first kappa shape index (κ1) is 10.8. The van der Waals surface area contributed by atoms with Crippen LogP contribution in [0.15, 0.2) is 12.1 Å². The van der Waals surface area contributed by atoms with Crippen molar-refractivity contribution in [2.45, 2.75) is 39.2 Å². The molecule has 1 aliphatic rings. The van der Waals surface area contributed by atoms with E-state index in [-0.39, 0.29) is 0 Å². The van der Waals surface area contributed by atoms with Crippen molar-refractivity contribution in [2.24, 2.45) is 12.8 Å². The molecule has 2 nitrogen and oxygen atoms in total. The van der Waals surface area contributed by atoms with Gasteiger partial charge >= 0.3 is 0 Å². The van der Waals surface area contributed by atoms with Crippen LogP contribution in [0.4, 0.5) is 0 Å². The van der Waals surface area contributed by atoms with E-state index in [1.54, 1.807) is 0 Å². The Labute approximate surface area is 102 Å². The highest BCUT2D eigenvalue weighted by atomic mass is 15.0. The summed E-state index contributed by atoms with van der Waals surface area (Å²) in [4.78, 5) is 0. The molecule has 0 fully saturated rings. The first-order chi connectivity index (χ1) is 8.08. The molecule has 0 spiro atoms. The molecule has 1 aromatic carbocycles. The number of aryl methyl sites for hydroxylation is 3. The van der Waals surface area contributed by atoms with Gasteiger partial charge in [0.05, 0.1) is 0 Å². The lowest BCUT2D eigenvalue weighted by Crippen LogP contribution is -2.28. The van der Waals surface area contributed by atoms with Crippen molar-refractivity contribution in [1.29, 1.82) is 0 Å². The van der Waals surface area contributed by atoms with E-state index in [4.69, 9.17) is 5.73 Å². The monoisotopic (exact) mass is 228 g/mol. The second-order valence-electron chi connectivity index (χ2n) is 5.46. The van der Waals surface area contributed by atoms with Gasteiger partial charge in [0.15, 0.2) is 0 Å². The summed E-state index contributed by atoms with van der Waals surface area (Å²) in [6, 6.07) is 4.92. The summed E-state index contributed by atoms with van der Waals surface area (Å²) in [5.74, 6) is 0. The van der Waals surface area contributed by atoms with E-state index in [0.29, 0.717) is 6.04 Å². The highest BCUT2D eigenvalue weighted by Crippen LogP contribution is 2.33. The zero-order valence-corrected chi connectivity index (χ0v) is 10.9. The Morgan fingerprint density at radius 3 is 2.82 bits per heavy atom. The Balaban J connectivity index is 2.38. The fourth-order valence-corrected chi connectivity index (χ4v) is 3.32. The summed E-state index contributed by atoms with van der Waals surface area (Å²) in [5.41, 5.74) is 13.2. The van der Waals surface area contributed by atoms with E-state index < -0.39 is 0 Å². The molecule has 17 heavy (non-hydrogen) atoms. The minimum Gasteiger partial charge on any atom is -0.347 e. The molecule has 0 radical (unpaired) electrons. The van der Waals surface area contributed by atoms with Gasteiger partial charge in [-0.3, -0.25) is 0 Å². The summed E-state index contributed by atoms with van der Waals surface area (Å²) in [6.07, 6.45) is 3.28. The van der Waals surface area contributed by atoms with Gasteiger partial charge in [-0.25, -0.2) is 0 Å². The van der Waals surface area contributed by atoms with Crippen LogP contribution in [0.3, 0.4) is 0 Å². The zero-order valence-electron chi connectivity index (χ0n) is 10.9. The standard InChI is InChI=1S/C15H20N2/c1-9-6-10(2)15-12-8-11(16)4-5-13(12)17(3)14(15)7-9/h6-7,11H,4-5,8,16H2,1-3H3. The summed E-state index contributed by atoms with van der Waals surface area (Å²) >= 11 is 0. The second kappa shape index (κ2) is 3.61. The molecule has 2 N–H and O–H groups in total. The Bertz CT molecular complexity index is 593. The molecule has 1 aliphatic carbocycles. The third kappa shape index (κ3) is 1.51. The summed E-state index contributed by atoms with van der Waals surface area (Å²) in [6.45, 7) is 4.39. The number of hydrogen-bond acceptors (Lipinski definition) is 1. The largest absolute Gasteiger partial charge is 0.347 e. The maximum Gasteiger partial charge on any atom is 0.0488 e. The van der Waals surface area contributed by atoms with E-state index >= 15 is 0 Å². The molecular weight excluding hydrogens is 208 g/mol. The van der Waals surface area contributed by atoms with E-state index in [1.165, 1.54) is 33.3 Å². The molecule has 0 amide bonds. The maximum atomic E-state index is 6.12. The molecule has 0 bridgehead atoms. The Hall–Kier alpha value is -1.28. The number of hydrogen-bond donors (Lipinski definition) is 1. The number of benzene rings is 1. The van der Waals surface area contributed by atoms with Gasteiger partial charge in [-0.2, -0.15) is 0 Å². The fourth-order valence-electron chi connectivity index (χ4n) is 3.32. The number of fused-ring (bicyclic) bond motifs is 3. The quantitative estimate of drug-likeness (QED) is 0.738. The van der Waals surface area contributed by atoms with E-state index in [1.807, 2.05) is 0 Å². The van der Waals surface area contributed by atoms with E-state index in [2.05, 4.69) is 37.6 Å². The van der Waals surface area contributed by atoms with Gasteiger partial charge in [0.25, 0.3) is 0 Å². The van der Waals surface area contributed by atoms with Crippen LogP contribution in [-0.2, 0) is 19.9 Å². The van der Waals surface area contributed by atoms with Crippen LogP contribution >= 0.6 is 0 Å². The molecule has 0 aliphatic heterocycles. The van der Waals surface area contributed by atoms with Crippen LogP contribution in [0, 0.1) is 13.8 Å². The van der Waals surface area contributed by atoms with E-state index in [0.717, 1.165) is 19.3 Å². The van der Waals surface area contributed by atoms with Crippen LogP contribution in [0.5, 0.6) is 0 Å². The molecule has 1 aromatic heterocycles. The van der Waals surface area contributed by atoms with Crippen LogP contribution in [0.2, 0.25) is 0 Å². The third-order valence-corrected chi connectivity index (χ3v) is 4.09. The van der Waals surface area contributed by atoms with Gasteiger partial charge in [0, 0.05) is 29.7 Å². The van der Waals surface area contributed by atoms with Crippen LogP contribution in [0.1, 0.15) is 28.8 Å². The van der Waals surface area contributed by atoms with Gasteiger partial charge in [-0.05, 0) is 55.9 Å². The Morgan fingerprint density at radius 2 is 2.06 bits per heavy atom.